The Morgan fingerprint density at radius 3 is 2.24 bits per heavy atom. The standard InChI is InChI=1S/C26H35F2N/c1-3-24(29(4-2)19-21-8-6-5-7-9-21)16-12-20-10-13-22(14-11-20)23-15-17-25(27)26(28)18-23/h5-11,13-14,23-26H,3-4,12,15-19H2,1-2H3. The molecule has 29 heavy (non-hydrogen) atoms. The molecule has 0 amide bonds. The number of rotatable bonds is 9. The van der Waals surface area contributed by atoms with Gasteiger partial charge in [0.15, 0.2) is 0 Å². The van der Waals surface area contributed by atoms with E-state index in [0.29, 0.717) is 18.9 Å². The largest absolute Gasteiger partial charge is 0.296 e. The minimum Gasteiger partial charge on any atom is -0.296 e. The summed E-state index contributed by atoms with van der Waals surface area (Å²) < 4.78 is 27.1. The zero-order chi connectivity index (χ0) is 20.6. The van der Waals surface area contributed by atoms with Crippen molar-refractivity contribution in [1.29, 1.82) is 0 Å². The van der Waals surface area contributed by atoms with Gasteiger partial charge in [-0.15, -0.1) is 0 Å². The predicted molar refractivity (Wildman–Crippen MR) is 118 cm³/mol. The lowest BCUT2D eigenvalue weighted by Crippen LogP contribution is -2.34. The number of alkyl halides is 2. The Bertz CT molecular complexity index is 715. The molecule has 0 spiro atoms. The van der Waals surface area contributed by atoms with Crippen molar-refractivity contribution in [2.45, 2.75) is 83.2 Å². The van der Waals surface area contributed by atoms with Gasteiger partial charge in [0.1, 0.15) is 12.3 Å². The summed E-state index contributed by atoms with van der Waals surface area (Å²) in [6, 6.07) is 19.9. The van der Waals surface area contributed by atoms with E-state index in [0.717, 1.165) is 44.3 Å². The first-order valence-electron chi connectivity index (χ1n) is 11.3. The minimum atomic E-state index is -1.30. The fraction of sp³-hybridized carbons (Fsp3) is 0.538. The third kappa shape index (κ3) is 6.12. The molecule has 0 saturated heterocycles. The molecule has 1 aliphatic rings. The Balaban J connectivity index is 1.55. The average Bonchev–Trinajstić information content (AvgIpc) is 2.76. The highest BCUT2D eigenvalue weighted by Crippen LogP contribution is 2.36. The van der Waals surface area contributed by atoms with Crippen LogP contribution in [0.4, 0.5) is 8.78 Å². The van der Waals surface area contributed by atoms with Gasteiger partial charge in [0.05, 0.1) is 0 Å². The number of nitrogens with zero attached hydrogens (tertiary/aromatic N) is 1. The van der Waals surface area contributed by atoms with Gasteiger partial charge in [0.2, 0.25) is 0 Å². The van der Waals surface area contributed by atoms with Crippen LogP contribution in [0.2, 0.25) is 0 Å². The number of halogens is 2. The molecule has 158 valence electrons. The highest BCUT2D eigenvalue weighted by molar-refractivity contribution is 5.26. The summed E-state index contributed by atoms with van der Waals surface area (Å²) in [5.74, 6) is 0.163. The van der Waals surface area contributed by atoms with Gasteiger partial charge in [-0.2, -0.15) is 0 Å². The molecule has 0 heterocycles. The van der Waals surface area contributed by atoms with Crippen LogP contribution in [0.25, 0.3) is 0 Å². The van der Waals surface area contributed by atoms with Gasteiger partial charge >= 0.3 is 0 Å². The lowest BCUT2D eigenvalue weighted by Gasteiger charge is -2.30. The summed E-state index contributed by atoms with van der Waals surface area (Å²) in [7, 11) is 0. The van der Waals surface area contributed by atoms with Crippen LogP contribution in [-0.4, -0.2) is 29.8 Å². The zero-order valence-corrected chi connectivity index (χ0v) is 17.9. The molecule has 0 N–H and O–H groups in total. The van der Waals surface area contributed by atoms with Gasteiger partial charge in [-0.05, 0) is 67.7 Å². The van der Waals surface area contributed by atoms with Crippen LogP contribution in [0.5, 0.6) is 0 Å². The summed E-state index contributed by atoms with van der Waals surface area (Å²) in [6.07, 6.45) is 2.18. The smallest absolute Gasteiger partial charge is 0.132 e. The molecule has 0 bridgehead atoms. The van der Waals surface area contributed by atoms with Gasteiger partial charge in [-0.3, -0.25) is 4.90 Å². The maximum absolute atomic E-state index is 13.7. The summed E-state index contributed by atoms with van der Waals surface area (Å²) in [6.45, 7) is 6.56. The molecule has 4 unspecified atom stereocenters. The van der Waals surface area contributed by atoms with E-state index < -0.39 is 12.3 Å². The maximum Gasteiger partial charge on any atom is 0.132 e. The van der Waals surface area contributed by atoms with Crippen LogP contribution in [-0.2, 0) is 13.0 Å². The van der Waals surface area contributed by atoms with Crippen molar-refractivity contribution in [3.8, 4) is 0 Å². The number of hydrogen-bond donors (Lipinski definition) is 0. The van der Waals surface area contributed by atoms with Gasteiger partial charge in [0, 0.05) is 12.6 Å². The van der Waals surface area contributed by atoms with Crippen molar-refractivity contribution in [2.24, 2.45) is 0 Å². The average molecular weight is 400 g/mol. The first kappa shape index (κ1) is 22.0. The van der Waals surface area contributed by atoms with Gasteiger partial charge in [-0.1, -0.05) is 68.4 Å². The van der Waals surface area contributed by atoms with Crippen molar-refractivity contribution in [3.05, 3.63) is 71.3 Å². The van der Waals surface area contributed by atoms with Crippen LogP contribution in [0.3, 0.4) is 0 Å². The van der Waals surface area contributed by atoms with E-state index in [4.69, 9.17) is 0 Å². The molecule has 1 aliphatic carbocycles. The summed E-state index contributed by atoms with van der Waals surface area (Å²) in [5.41, 5.74) is 3.86. The quantitative estimate of drug-likeness (QED) is 0.445. The Morgan fingerprint density at radius 1 is 0.897 bits per heavy atom. The van der Waals surface area contributed by atoms with E-state index in [1.54, 1.807) is 0 Å². The molecule has 0 aromatic heterocycles. The van der Waals surface area contributed by atoms with Crippen LogP contribution >= 0.6 is 0 Å². The first-order valence-corrected chi connectivity index (χ1v) is 11.3. The minimum absolute atomic E-state index is 0.163. The van der Waals surface area contributed by atoms with E-state index in [2.05, 4.69) is 73.3 Å². The number of hydrogen-bond acceptors (Lipinski definition) is 1. The molecule has 1 saturated carbocycles. The van der Waals surface area contributed by atoms with Crippen LogP contribution in [0.15, 0.2) is 54.6 Å². The van der Waals surface area contributed by atoms with Crippen molar-refractivity contribution >= 4 is 0 Å². The molecule has 4 atom stereocenters. The Labute approximate surface area is 175 Å². The molecule has 3 heteroatoms. The fourth-order valence-electron chi connectivity index (χ4n) is 4.63. The maximum atomic E-state index is 13.7. The van der Waals surface area contributed by atoms with Crippen LogP contribution in [0, 0.1) is 0 Å². The van der Waals surface area contributed by atoms with Crippen molar-refractivity contribution in [3.63, 3.8) is 0 Å². The summed E-state index contributed by atoms with van der Waals surface area (Å²) in [5, 5.41) is 0. The predicted octanol–water partition coefficient (Wildman–Crippen LogP) is 6.86. The lowest BCUT2D eigenvalue weighted by atomic mass is 9.82. The second kappa shape index (κ2) is 10.9. The first-order chi connectivity index (χ1) is 14.1. The second-order valence-electron chi connectivity index (χ2n) is 8.43. The number of aryl methyl sites for hydroxylation is 1. The fourth-order valence-corrected chi connectivity index (χ4v) is 4.63. The Morgan fingerprint density at radius 2 is 1.62 bits per heavy atom. The number of benzene rings is 2. The van der Waals surface area contributed by atoms with E-state index in [1.165, 1.54) is 11.1 Å². The van der Waals surface area contributed by atoms with Crippen LogP contribution < -0.4 is 0 Å². The molecule has 1 fully saturated rings. The van der Waals surface area contributed by atoms with Crippen molar-refractivity contribution in [1.82, 2.24) is 4.90 Å². The molecule has 0 aliphatic heterocycles. The third-order valence-corrected chi connectivity index (χ3v) is 6.53. The van der Waals surface area contributed by atoms with Crippen LogP contribution in [0.1, 0.15) is 68.6 Å². The lowest BCUT2D eigenvalue weighted by molar-refractivity contribution is 0.108. The summed E-state index contributed by atoms with van der Waals surface area (Å²) >= 11 is 0. The van der Waals surface area contributed by atoms with Crippen molar-refractivity contribution in [2.75, 3.05) is 6.54 Å². The van der Waals surface area contributed by atoms with E-state index >= 15 is 0 Å². The highest BCUT2D eigenvalue weighted by atomic mass is 19.2. The van der Waals surface area contributed by atoms with Gasteiger partial charge < -0.3 is 0 Å². The molecule has 2 aromatic carbocycles. The van der Waals surface area contributed by atoms with Gasteiger partial charge in [-0.25, -0.2) is 8.78 Å². The van der Waals surface area contributed by atoms with Crippen molar-refractivity contribution < 1.29 is 8.78 Å². The zero-order valence-electron chi connectivity index (χ0n) is 17.9. The second-order valence-corrected chi connectivity index (χ2v) is 8.43. The highest BCUT2D eigenvalue weighted by Gasteiger charge is 2.31. The SMILES string of the molecule is CCC(CCc1ccc(C2CCC(F)C(F)C2)cc1)N(CC)Cc1ccccc1. The monoisotopic (exact) mass is 399 g/mol. The van der Waals surface area contributed by atoms with E-state index in [1.807, 2.05) is 0 Å². The molecule has 2 aromatic rings. The molecule has 3 rings (SSSR count). The van der Waals surface area contributed by atoms with Gasteiger partial charge in [0.25, 0.3) is 0 Å². The molecular weight excluding hydrogens is 364 g/mol. The Kier molecular flexibility index (Phi) is 8.23. The molecule has 1 nitrogen and oxygen atoms in total. The molecule has 0 radical (unpaired) electrons. The van der Waals surface area contributed by atoms with E-state index in [9.17, 15) is 8.78 Å². The molecular formula is C26H35F2N. The third-order valence-electron chi connectivity index (χ3n) is 6.53. The summed E-state index contributed by atoms with van der Waals surface area (Å²) in [4.78, 5) is 2.57. The normalized spacial score (nSPS) is 23.3. The Hall–Kier alpha value is -1.74. The van der Waals surface area contributed by atoms with E-state index in [-0.39, 0.29) is 5.92 Å². The topological polar surface area (TPSA) is 3.24 Å².